The Labute approximate surface area is 195 Å². The fraction of sp³-hybridized carbons (Fsp3) is 0.500. The predicted octanol–water partition coefficient (Wildman–Crippen LogP) is 4.10. The number of nitrogens with zero attached hydrogens (tertiary/aromatic N) is 3. The Balaban J connectivity index is 1.80. The molecule has 9 heteroatoms. The second kappa shape index (κ2) is 7.61. The topological polar surface area (TPSA) is 90.5 Å². The van der Waals surface area contributed by atoms with Gasteiger partial charge in [-0.15, -0.1) is 11.3 Å². The zero-order chi connectivity index (χ0) is 23.7. The normalized spacial score (nSPS) is 18.9. The number of rotatable bonds is 5. The van der Waals surface area contributed by atoms with E-state index in [1.807, 2.05) is 22.6 Å². The van der Waals surface area contributed by atoms with E-state index in [0.29, 0.717) is 40.8 Å². The van der Waals surface area contributed by atoms with Crippen molar-refractivity contribution in [2.45, 2.75) is 44.7 Å². The van der Waals surface area contributed by atoms with Crippen LogP contribution in [0.25, 0.3) is 21.1 Å². The van der Waals surface area contributed by atoms with E-state index in [0.717, 1.165) is 30.6 Å². The molecule has 2 fully saturated rings. The van der Waals surface area contributed by atoms with Crippen molar-refractivity contribution in [3.05, 3.63) is 27.0 Å². The number of nitrogens with one attached hydrogen (secondary N) is 1. The lowest BCUT2D eigenvalue weighted by atomic mass is 9.87. The van der Waals surface area contributed by atoms with Gasteiger partial charge in [0.05, 0.1) is 18.0 Å². The van der Waals surface area contributed by atoms with Crippen LogP contribution in [0.1, 0.15) is 44.0 Å². The lowest BCUT2D eigenvalue weighted by Crippen LogP contribution is -2.45. The van der Waals surface area contributed by atoms with Crippen LogP contribution in [0.15, 0.2) is 10.9 Å². The second-order valence-electron chi connectivity index (χ2n) is 9.54. The van der Waals surface area contributed by atoms with Gasteiger partial charge in [-0.05, 0) is 52.1 Å². The quantitative estimate of drug-likeness (QED) is 0.584. The third-order valence-corrected chi connectivity index (χ3v) is 8.45. The number of aromatic hydroxyl groups is 1. The van der Waals surface area contributed by atoms with Crippen LogP contribution in [0, 0.1) is 23.1 Å². The number of ether oxygens (including phenoxy) is 1. The van der Waals surface area contributed by atoms with Gasteiger partial charge < -0.3 is 24.6 Å². The zero-order valence-corrected chi connectivity index (χ0v) is 20.0. The lowest BCUT2D eigenvalue weighted by molar-refractivity contribution is 0.290. The third-order valence-electron chi connectivity index (χ3n) is 7.37. The molecule has 1 atom stereocenters. The molecule has 2 aromatic heterocycles. The van der Waals surface area contributed by atoms with E-state index in [1.165, 1.54) is 13.2 Å². The standard InChI is InChI=1S/C24H27FN4O3S/c1-24(2,27-3)12-7-8-28(11-12)19-15(25)9-14-18(22(19)32-4)29(13-5-6-13)23-17(20(14)30)21(31)16(10-26)33-23/h9,12-13,27,31H,5-8,11H2,1-4H3. The van der Waals surface area contributed by atoms with Crippen molar-refractivity contribution in [3.63, 3.8) is 0 Å². The van der Waals surface area contributed by atoms with Crippen LogP contribution < -0.4 is 20.4 Å². The van der Waals surface area contributed by atoms with Crippen LogP contribution in [0.5, 0.6) is 11.5 Å². The van der Waals surface area contributed by atoms with Crippen LogP contribution >= 0.6 is 11.3 Å². The molecule has 0 amide bonds. The minimum atomic E-state index is -0.517. The fourth-order valence-electron chi connectivity index (χ4n) is 5.04. The first-order valence-electron chi connectivity index (χ1n) is 11.2. The molecule has 174 valence electrons. The average molecular weight is 471 g/mol. The van der Waals surface area contributed by atoms with E-state index in [1.54, 1.807) is 0 Å². The molecule has 1 saturated carbocycles. The summed E-state index contributed by atoms with van der Waals surface area (Å²) in [4.78, 5) is 16.0. The lowest BCUT2D eigenvalue weighted by Gasteiger charge is -2.32. The first-order valence-corrected chi connectivity index (χ1v) is 12.0. The Hall–Kier alpha value is -2.83. The molecule has 2 aliphatic rings. The van der Waals surface area contributed by atoms with Crippen molar-refractivity contribution in [3.8, 4) is 17.6 Å². The van der Waals surface area contributed by atoms with E-state index >= 15 is 4.39 Å². The van der Waals surface area contributed by atoms with Gasteiger partial charge in [0.2, 0.25) is 5.43 Å². The Morgan fingerprint density at radius 1 is 1.36 bits per heavy atom. The van der Waals surface area contributed by atoms with Crippen LogP contribution in [-0.2, 0) is 0 Å². The molecular weight excluding hydrogens is 443 g/mol. The van der Waals surface area contributed by atoms with E-state index in [2.05, 4.69) is 19.2 Å². The molecule has 0 radical (unpaired) electrons. The summed E-state index contributed by atoms with van der Waals surface area (Å²) in [7, 11) is 3.44. The number of hydrogen-bond donors (Lipinski definition) is 2. The van der Waals surface area contributed by atoms with Crippen molar-refractivity contribution in [1.29, 1.82) is 5.26 Å². The number of halogens is 1. The zero-order valence-electron chi connectivity index (χ0n) is 19.2. The van der Waals surface area contributed by atoms with Gasteiger partial charge in [0, 0.05) is 24.7 Å². The number of hydrogen-bond acceptors (Lipinski definition) is 7. The van der Waals surface area contributed by atoms with Gasteiger partial charge in [0.15, 0.2) is 17.3 Å². The minimum absolute atomic E-state index is 0.0853. The molecule has 1 aliphatic carbocycles. The largest absolute Gasteiger partial charge is 0.505 e. The molecule has 0 bridgehead atoms. The van der Waals surface area contributed by atoms with Gasteiger partial charge >= 0.3 is 0 Å². The summed E-state index contributed by atoms with van der Waals surface area (Å²) in [6.45, 7) is 5.64. The number of fused-ring (bicyclic) bond motifs is 2. The van der Waals surface area contributed by atoms with Gasteiger partial charge in [0.25, 0.3) is 0 Å². The number of methoxy groups -OCH3 is 1. The summed E-state index contributed by atoms with van der Waals surface area (Å²) in [6, 6.07) is 3.35. The van der Waals surface area contributed by atoms with Crippen molar-refractivity contribution in [2.75, 3.05) is 32.1 Å². The highest BCUT2D eigenvalue weighted by atomic mass is 32.1. The Kier molecular flexibility index (Phi) is 5.07. The second-order valence-corrected chi connectivity index (χ2v) is 10.5. The molecule has 1 aliphatic heterocycles. The van der Waals surface area contributed by atoms with Crippen LogP contribution in [0.4, 0.5) is 10.1 Å². The van der Waals surface area contributed by atoms with Gasteiger partial charge in [-0.2, -0.15) is 5.26 Å². The Morgan fingerprint density at radius 2 is 2.09 bits per heavy atom. The first-order chi connectivity index (χ1) is 15.7. The van der Waals surface area contributed by atoms with Gasteiger partial charge in [-0.3, -0.25) is 4.79 Å². The summed E-state index contributed by atoms with van der Waals surface area (Å²) in [6.07, 6.45) is 2.73. The monoisotopic (exact) mass is 470 g/mol. The summed E-state index contributed by atoms with van der Waals surface area (Å²) in [5, 5.41) is 23.6. The molecule has 1 saturated heterocycles. The average Bonchev–Trinajstić information content (AvgIpc) is 3.40. The summed E-state index contributed by atoms with van der Waals surface area (Å²) < 4.78 is 23.4. The van der Waals surface area contributed by atoms with E-state index in [-0.39, 0.29) is 33.0 Å². The molecule has 0 spiro atoms. The number of aromatic nitrogens is 1. The van der Waals surface area contributed by atoms with Gasteiger partial charge in [-0.25, -0.2) is 4.39 Å². The molecular formula is C24H27FN4O3S. The molecule has 3 aromatic rings. The van der Waals surface area contributed by atoms with Crippen LogP contribution in [-0.4, -0.2) is 42.5 Å². The van der Waals surface area contributed by atoms with Crippen LogP contribution in [0.2, 0.25) is 0 Å². The number of pyridine rings is 1. The summed E-state index contributed by atoms with van der Waals surface area (Å²) >= 11 is 1.10. The number of anilines is 1. The molecule has 1 unspecified atom stereocenters. The van der Waals surface area contributed by atoms with Crippen molar-refractivity contribution in [1.82, 2.24) is 9.88 Å². The SMILES string of the molecule is CNC(C)(C)C1CCN(c2c(F)cc3c(=O)c4c(O)c(C#N)sc4n(C4CC4)c3c2OC)C1. The number of thiophene rings is 1. The highest BCUT2D eigenvalue weighted by molar-refractivity contribution is 7.19. The Morgan fingerprint density at radius 3 is 2.70 bits per heavy atom. The van der Waals surface area contributed by atoms with Crippen molar-refractivity contribution < 1.29 is 14.2 Å². The smallest absolute Gasteiger partial charge is 0.202 e. The predicted molar refractivity (Wildman–Crippen MR) is 128 cm³/mol. The van der Waals surface area contributed by atoms with E-state index < -0.39 is 11.2 Å². The van der Waals surface area contributed by atoms with Crippen molar-refractivity contribution in [2.24, 2.45) is 5.92 Å². The highest BCUT2D eigenvalue weighted by Gasteiger charge is 2.38. The molecule has 5 rings (SSSR count). The number of nitriles is 1. The molecule has 7 nitrogen and oxygen atoms in total. The van der Waals surface area contributed by atoms with Crippen LogP contribution in [0.3, 0.4) is 0 Å². The maximum absolute atomic E-state index is 15.6. The highest BCUT2D eigenvalue weighted by Crippen LogP contribution is 2.49. The molecule has 1 aromatic carbocycles. The maximum atomic E-state index is 15.6. The van der Waals surface area contributed by atoms with E-state index in [4.69, 9.17) is 4.74 Å². The minimum Gasteiger partial charge on any atom is -0.505 e. The fourth-order valence-corrected chi connectivity index (χ4v) is 6.11. The van der Waals surface area contributed by atoms with Crippen molar-refractivity contribution >= 4 is 38.1 Å². The number of benzene rings is 1. The van der Waals surface area contributed by atoms with Gasteiger partial charge in [0.1, 0.15) is 26.9 Å². The summed E-state index contributed by atoms with van der Waals surface area (Å²) in [5.41, 5.74) is 0.330. The molecule has 2 N–H and O–H groups in total. The molecule has 33 heavy (non-hydrogen) atoms. The maximum Gasteiger partial charge on any atom is 0.202 e. The third kappa shape index (κ3) is 3.19. The van der Waals surface area contributed by atoms with E-state index in [9.17, 15) is 15.2 Å². The first kappa shape index (κ1) is 22.0. The summed E-state index contributed by atoms with van der Waals surface area (Å²) in [5.74, 6) is -0.178. The Bertz CT molecular complexity index is 1380. The van der Waals surface area contributed by atoms with Gasteiger partial charge in [-0.1, -0.05) is 0 Å². The molecule has 3 heterocycles.